The van der Waals surface area contributed by atoms with Gasteiger partial charge in [-0.15, -0.1) is 0 Å². The van der Waals surface area contributed by atoms with Crippen LogP contribution in [0.1, 0.15) is 0 Å². The predicted octanol–water partition coefficient (Wildman–Crippen LogP) is -0.338. The third-order valence-electron chi connectivity index (χ3n) is 3.61. The van der Waals surface area contributed by atoms with Gasteiger partial charge in [0.2, 0.25) is 0 Å². The molecule has 0 saturated heterocycles. The lowest BCUT2D eigenvalue weighted by molar-refractivity contribution is -0.146. The van der Waals surface area contributed by atoms with Crippen LogP contribution in [0.2, 0.25) is 0 Å². The molecule has 11 nitrogen and oxygen atoms in total. The molecule has 0 spiro atoms. The second-order valence-corrected chi connectivity index (χ2v) is 6.64. The van der Waals surface area contributed by atoms with Crippen molar-refractivity contribution < 1.29 is 53.3 Å². The maximum Gasteiger partial charge on any atom is 0.330 e. The Morgan fingerprint density at radius 2 is 1.06 bits per heavy atom. The normalized spacial score (nSPS) is 14.3. The summed E-state index contributed by atoms with van der Waals surface area (Å²) in [6.07, 6.45) is -0.476. The number of rotatable bonds is 21. The van der Waals surface area contributed by atoms with E-state index in [9.17, 15) is 24.9 Å². The molecule has 0 aliphatic rings. The van der Waals surface area contributed by atoms with Crippen LogP contribution in [0.5, 0.6) is 0 Å². The smallest absolute Gasteiger partial charge is 0.330 e. The largest absolute Gasteiger partial charge is 0.491 e. The summed E-state index contributed by atoms with van der Waals surface area (Å²) in [5.74, 6) is -1.04. The van der Waals surface area contributed by atoms with Crippen LogP contribution in [0.4, 0.5) is 0 Å². The van der Waals surface area contributed by atoms with Gasteiger partial charge in [-0.2, -0.15) is 0 Å². The van der Waals surface area contributed by atoms with Gasteiger partial charge in [-0.3, -0.25) is 0 Å². The van der Waals surface area contributed by atoms with Gasteiger partial charge in [-0.05, 0) is 6.08 Å². The van der Waals surface area contributed by atoms with Crippen molar-refractivity contribution >= 4 is 11.9 Å². The fourth-order valence-electron chi connectivity index (χ4n) is 1.94. The molecule has 0 heterocycles. The van der Waals surface area contributed by atoms with Gasteiger partial charge in [0.05, 0.1) is 33.0 Å². The molecule has 188 valence electrons. The summed E-state index contributed by atoms with van der Waals surface area (Å²) in [5, 5.41) is 29.5. The highest BCUT2D eigenvalue weighted by Gasteiger charge is 2.17. The molecule has 0 aliphatic heterocycles. The van der Waals surface area contributed by atoms with Crippen molar-refractivity contribution in [3.05, 3.63) is 50.3 Å². The van der Waals surface area contributed by atoms with E-state index in [1.54, 1.807) is 0 Å². The zero-order valence-electron chi connectivity index (χ0n) is 18.6. The number of hydrogen-bond acceptors (Lipinski definition) is 11. The van der Waals surface area contributed by atoms with Crippen LogP contribution in [-0.2, 0) is 38.0 Å². The average Bonchev–Trinajstić information content (AvgIpc) is 2.81. The fourth-order valence-corrected chi connectivity index (χ4v) is 1.94. The molecule has 0 radical (unpaired) electrons. The Bertz CT molecular complexity index is 583. The number of ether oxygens (including phenoxy) is 6. The third-order valence-corrected chi connectivity index (χ3v) is 3.61. The van der Waals surface area contributed by atoms with E-state index < -0.39 is 36.4 Å². The van der Waals surface area contributed by atoms with Crippen LogP contribution in [-0.4, -0.2) is 105 Å². The SMILES string of the molecule is C=CC(=C)OCC(O)COCC(COCC(O)COC(=O)C=C)OCC(O)COC(=O)C=C. The van der Waals surface area contributed by atoms with Gasteiger partial charge in [0.15, 0.2) is 0 Å². The second-order valence-electron chi connectivity index (χ2n) is 6.64. The lowest BCUT2D eigenvalue weighted by atomic mass is 10.3. The zero-order valence-corrected chi connectivity index (χ0v) is 18.6. The molecule has 11 heteroatoms. The topological polar surface area (TPSA) is 150 Å². The Morgan fingerprint density at radius 3 is 1.48 bits per heavy atom. The summed E-state index contributed by atoms with van der Waals surface area (Å²) in [6, 6.07) is 0. The van der Waals surface area contributed by atoms with Crippen molar-refractivity contribution in [1.82, 2.24) is 0 Å². The van der Waals surface area contributed by atoms with E-state index in [-0.39, 0.29) is 52.9 Å². The van der Waals surface area contributed by atoms with Crippen LogP contribution >= 0.6 is 0 Å². The van der Waals surface area contributed by atoms with Crippen molar-refractivity contribution in [3.8, 4) is 0 Å². The minimum Gasteiger partial charge on any atom is -0.491 e. The van der Waals surface area contributed by atoms with Crippen LogP contribution in [0.25, 0.3) is 0 Å². The first kappa shape index (κ1) is 30.5. The predicted molar refractivity (Wildman–Crippen MR) is 117 cm³/mol. The van der Waals surface area contributed by atoms with Crippen molar-refractivity contribution in [2.45, 2.75) is 24.4 Å². The van der Waals surface area contributed by atoms with E-state index in [4.69, 9.17) is 28.4 Å². The summed E-state index contributed by atoms with van der Waals surface area (Å²) < 4.78 is 30.9. The highest BCUT2D eigenvalue weighted by atomic mass is 16.6. The van der Waals surface area contributed by atoms with Crippen molar-refractivity contribution in [3.63, 3.8) is 0 Å². The monoisotopic (exact) mass is 474 g/mol. The molecule has 0 amide bonds. The number of carbonyl (C=O) groups is 2. The molecule has 3 N–H and O–H groups in total. The van der Waals surface area contributed by atoms with Gasteiger partial charge in [0.1, 0.15) is 50.0 Å². The van der Waals surface area contributed by atoms with Gasteiger partial charge < -0.3 is 43.7 Å². The van der Waals surface area contributed by atoms with E-state index in [1.165, 1.54) is 6.08 Å². The number of aliphatic hydroxyl groups excluding tert-OH is 3. The lowest BCUT2D eigenvalue weighted by Gasteiger charge is -2.21. The number of esters is 2. The minimum atomic E-state index is -1.11. The van der Waals surface area contributed by atoms with E-state index in [2.05, 4.69) is 26.3 Å². The lowest BCUT2D eigenvalue weighted by Crippen LogP contribution is -2.34. The minimum absolute atomic E-state index is 0.0276. The second kappa shape index (κ2) is 19.0. The first-order valence-corrected chi connectivity index (χ1v) is 10.1. The molecule has 0 rings (SSSR count). The average molecular weight is 475 g/mol. The molecule has 4 atom stereocenters. The van der Waals surface area contributed by atoms with Gasteiger partial charge in [0, 0.05) is 12.2 Å². The van der Waals surface area contributed by atoms with E-state index in [0.29, 0.717) is 5.76 Å². The molecule has 0 aromatic heterocycles. The Labute approximate surface area is 193 Å². The summed E-state index contributed by atoms with van der Waals surface area (Å²) in [5.41, 5.74) is 0. The van der Waals surface area contributed by atoms with E-state index in [1.807, 2.05) is 0 Å². The van der Waals surface area contributed by atoms with Crippen LogP contribution in [0.15, 0.2) is 50.3 Å². The van der Waals surface area contributed by atoms with Gasteiger partial charge in [-0.25, -0.2) is 9.59 Å². The Hall–Kier alpha value is -2.54. The first-order valence-electron chi connectivity index (χ1n) is 10.1. The van der Waals surface area contributed by atoms with Crippen molar-refractivity contribution in [2.24, 2.45) is 0 Å². The number of aliphatic hydroxyl groups is 3. The summed E-state index contributed by atoms with van der Waals surface area (Å²) >= 11 is 0. The van der Waals surface area contributed by atoms with Gasteiger partial charge in [-0.1, -0.05) is 26.3 Å². The molecule has 33 heavy (non-hydrogen) atoms. The molecular formula is C22H34O11. The van der Waals surface area contributed by atoms with E-state index >= 15 is 0 Å². The maximum atomic E-state index is 11.1. The molecule has 0 aromatic rings. The van der Waals surface area contributed by atoms with Gasteiger partial charge >= 0.3 is 11.9 Å². The Morgan fingerprint density at radius 1 is 0.636 bits per heavy atom. The summed E-state index contributed by atoms with van der Waals surface area (Å²) in [6.45, 7) is 12.4. The molecule has 4 unspecified atom stereocenters. The highest BCUT2D eigenvalue weighted by molar-refractivity contribution is 5.81. The molecule has 0 saturated carbocycles. The molecule has 0 aliphatic carbocycles. The molecule has 0 bridgehead atoms. The molecular weight excluding hydrogens is 440 g/mol. The van der Waals surface area contributed by atoms with Crippen LogP contribution in [0, 0.1) is 0 Å². The Kier molecular flexibility index (Phi) is 17.5. The summed E-state index contributed by atoms with van der Waals surface area (Å²) in [4.78, 5) is 22.1. The van der Waals surface area contributed by atoms with Crippen molar-refractivity contribution in [2.75, 3.05) is 52.9 Å². The van der Waals surface area contributed by atoms with Gasteiger partial charge in [0.25, 0.3) is 0 Å². The maximum absolute atomic E-state index is 11.1. The number of carbonyl (C=O) groups excluding carboxylic acids is 2. The van der Waals surface area contributed by atoms with Crippen LogP contribution < -0.4 is 0 Å². The Balaban J connectivity index is 4.49. The zero-order chi connectivity index (χ0) is 25.1. The third kappa shape index (κ3) is 17.7. The standard InChI is InChI=1S/C22H34O11/c1-5-16(4)30-10-17(23)8-28-14-20(31-11-19(25)13-33-22(27)7-3)15-29-9-18(24)12-32-21(26)6-2/h5-7,17-20,23-25H,1-4,8-15H2. The van der Waals surface area contributed by atoms with Crippen molar-refractivity contribution in [1.29, 1.82) is 0 Å². The number of hydrogen-bond donors (Lipinski definition) is 3. The van der Waals surface area contributed by atoms with E-state index in [0.717, 1.165) is 12.2 Å². The highest BCUT2D eigenvalue weighted by Crippen LogP contribution is 2.02. The fraction of sp³-hybridized carbons (Fsp3) is 0.545. The molecule has 0 aromatic carbocycles. The number of allylic oxidation sites excluding steroid dienone is 1. The van der Waals surface area contributed by atoms with Crippen LogP contribution in [0.3, 0.4) is 0 Å². The summed E-state index contributed by atoms with van der Waals surface area (Å²) in [7, 11) is 0. The quantitative estimate of drug-likeness (QED) is 0.0868. The molecule has 0 fully saturated rings. The first-order chi connectivity index (χ1) is 15.7.